The van der Waals surface area contributed by atoms with Crippen LogP contribution >= 0.6 is 0 Å². The average molecular weight is 462 g/mol. The smallest absolute Gasteiger partial charge is 0.211 e. The van der Waals surface area contributed by atoms with Crippen molar-refractivity contribution in [3.05, 3.63) is 99.8 Å². The Labute approximate surface area is 194 Å². The molecule has 170 valence electrons. The van der Waals surface area contributed by atoms with Crippen LogP contribution in [0.5, 0.6) is 5.75 Å². The average Bonchev–Trinajstić information content (AvgIpc) is 2.82. The van der Waals surface area contributed by atoms with Gasteiger partial charge in [-0.2, -0.15) is 0 Å². The minimum absolute atomic E-state index is 0.110. The van der Waals surface area contributed by atoms with Gasteiger partial charge in [0.15, 0.2) is 0 Å². The van der Waals surface area contributed by atoms with Gasteiger partial charge in [-0.15, -0.1) is 0 Å². The fraction of sp³-hybridized carbons (Fsp3) is 0.222. The number of pyridine rings is 1. The van der Waals surface area contributed by atoms with Crippen molar-refractivity contribution in [3.8, 4) is 5.75 Å². The van der Waals surface area contributed by atoms with Crippen LogP contribution in [0, 0.1) is 6.92 Å². The second-order valence-corrected chi connectivity index (χ2v) is 9.97. The van der Waals surface area contributed by atoms with Gasteiger partial charge in [-0.3, -0.25) is 4.79 Å². The maximum Gasteiger partial charge on any atom is 0.211 e. The molecule has 0 amide bonds. The first kappa shape index (κ1) is 22.8. The van der Waals surface area contributed by atoms with Crippen molar-refractivity contribution in [1.29, 1.82) is 0 Å². The van der Waals surface area contributed by atoms with Gasteiger partial charge >= 0.3 is 0 Å². The van der Waals surface area contributed by atoms with Gasteiger partial charge < -0.3 is 9.30 Å². The minimum atomic E-state index is -4.01. The zero-order chi connectivity index (χ0) is 23.6. The SMILES string of the molecule is CCOc1ccc2c(c1)c(=O)c(S(=O)(=O)c1ccc(CC)cc1)cn2Cc1ccc(C)cc1. The van der Waals surface area contributed by atoms with Crippen LogP contribution in [0.4, 0.5) is 0 Å². The predicted octanol–water partition coefficient (Wildman–Crippen LogP) is 5.15. The van der Waals surface area contributed by atoms with Crippen molar-refractivity contribution in [2.75, 3.05) is 6.61 Å². The first-order chi connectivity index (χ1) is 15.8. The van der Waals surface area contributed by atoms with Crippen LogP contribution in [-0.2, 0) is 22.8 Å². The number of rotatable bonds is 7. The van der Waals surface area contributed by atoms with Crippen molar-refractivity contribution in [2.45, 2.75) is 43.5 Å². The zero-order valence-corrected chi connectivity index (χ0v) is 19.9. The Hall–Kier alpha value is -3.38. The number of hydrogen-bond donors (Lipinski definition) is 0. The summed E-state index contributed by atoms with van der Waals surface area (Å²) in [5.41, 5.74) is 3.32. The monoisotopic (exact) mass is 461 g/mol. The Morgan fingerprint density at radius 3 is 2.18 bits per heavy atom. The van der Waals surface area contributed by atoms with Crippen LogP contribution < -0.4 is 10.2 Å². The molecular weight excluding hydrogens is 434 g/mol. The van der Waals surface area contributed by atoms with Crippen LogP contribution in [0.15, 0.2) is 87.5 Å². The van der Waals surface area contributed by atoms with E-state index < -0.39 is 15.3 Å². The van der Waals surface area contributed by atoms with Gasteiger partial charge in [-0.25, -0.2) is 8.42 Å². The largest absolute Gasteiger partial charge is 0.494 e. The van der Waals surface area contributed by atoms with E-state index >= 15 is 0 Å². The number of benzene rings is 3. The summed E-state index contributed by atoms with van der Waals surface area (Å²) < 4.78 is 34.4. The first-order valence-electron chi connectivity index (χ1n) is 11.0. The third-order valence-corrected chi connectivity index (χ3v) is 7.50. The highest BCUT2D eigenvalue weighted by Crippen LogP contribution is 2.25. The maximum atomic E-state index is 13.5. The Bertz CT molecular complexity index is 1450. The van der Waals surface area contributed by atoms with Crippen molar-refractivity contribution >= 4 is 20.7 Å². The highest BCUT2D eigenvalue weighted by atomic mass is 32.2. The predicted molar refractivity (Wildman–Crippen MR) is 131 cm³/mol. The fourth-order valence-corrected chi connectivity index (χ4v) is 5.22. The van der Waals surface area contributed by atoms with Gasteiger partial charge in [0, 0.05) is 12.7 Å². The first-order valence-corrected chi connectivity index (χ1v) is 12.5. The second-order valence-electron chi connectivity index (χ2n) is 8.05. The maximum absolute atomic E-state index is 13.5. The molecule has 0 radical (unpaired) electrons. The summed E-state index contributed by atoms with van der Waals surface area (Å²) in [6, 6.07) is 20.0. The van der Waals surface area contributed by atoms with E-state index in [-0.39, 0.29) is 9.79 Å². The number of nitrogens with zero attached hydrogens (tertiary/aromatic N) is 1. The summed E-state index contributed by atoms with van der Waals surface area (Å²) in [5.74, 6) is 0.533. The molecule has 3 aromatic carbocycles. The molecule has 4 aromatic rings. The molecule has 4 rings (SSSR count). The molecule has 0 bridgehead atoms. The summed E-state index contributed by atoms with van der Waals surface area (Å²) in [4.78, 5) is 13.3. The van der Waals surface area contributed by atoms with Crippen molar-refractivity contribution in [2.24, 2.45) is 0 Å². The normalized spacial score (nSPS) is 11.6. The van der Waals surface area contributed by atoms with Crippen LogP contribution in [0.25, 0.3) is 10.9 Å². The molecule has 0 atom stereocenters. The van der Waals surface area contributed by atoms with Crippen LogP contribution in [0.3, 0.4) is 0 Å². The molecule has 33 heavy (non-hydrogen) atoms. The van der Waals surface area contributed by atoms with E-state index in [4.69, 9.17) is 4.74 Å². The Morgan fingerprint density at radius 2 is 1.55 bits per heavy atom. The van der Waals surface area contributed by atoms with E-state index in [9.17, 15) is 13.2 Å². The van der Waals surface area contributed by atoms with Crippen LogP contribution in [-0.4, -0.2) is 19.6 Å². The highest BCUT2D eigenvalue weighted by Gasteiger charge is 2.24. The molecule has 0 unspecified atom stereocenters. The number of hydrogen-bond acceptors (Lipinski definition) is 4. The molecule has 0 aliphatic rings. The van der Waals surface area contributed by atoms with Gasteiger partial charge in [-0.05, 0) is 61.7 Å². The van der Waals surface area contributed by atoms with Crippen molar-refractivity contribution in [1.82, 2.24) is 4.57 Å². The fourth-order valence-electron chi connectivity index (χ4n) is 3.85. The van der Waals surface area contributed by atoms with E-state index in [2.05, 4.69) is 0 Å². The molecule has 0 aliphatic carbocycles. The summed E-state index contributed by atoms with van der Waals surface area (Å²) >= 11 is 0. The summed E-state index contributed by atoms with van der Waals surface area (Å²) in [7, 11) is -4.01. The lowest BCUT2D eigenvalue weighted by Crippen LogP contribution is -2.20. The quantitative estimate of drug-likeness (QED) is 0.382. The molecule has 1 heterocycles. The molecular formula is C27H27NO4S. The zero-order valence-electron chi connectivity index (χ0n) is 19.0. The molecule has 0 saturated carbocycles. The minimum Gasteiger partial charge on any atom is -0.494 e. The van der Waals surface area contributed by atoms with E-state index in [0.29, 0.717) is 29.8 Å². The lowest BCUT2D eigenvalue weighted by atomic mass is 10.1. The van der Waals surface area contributed by atoms with Gasteiger partial charge in [-0.1, -0.05) is 48.9 Å². The molecule has 6 heteroatoms. The summed E-state index contributed by atoms with van der Waals surface area (Å²) in [6.45, 7) is 6.77. The topological polar surface area (TPSA) is 65.4 Å². The summed E-state index contributed by atoms with van der Waals surface area (Å²) in [5, 5.41) is 0.319. The van der Waals surface area contributed by atoms with E-state index in [1.54, 1.807) is 36.4 Å². The Kier molecular flexibility index (Phi) is 6.38. The lowest BCUT2D eigenvalue weighted by molar-refractivity contribution is 0.340. The second kappa shape index (κ2) is 9.24. The number of aromatic nitrogens is 1. The number of sulfone groups is 1. The Balaban J connectivity index is 1.93. The van der Waals surface area contributed by atoms with Gasteiger partial charge in [0.05, 0.1) is 22.4 Å². The lowest BCUT2D eigenvalue weighted by Gasteiger charge is -2.15. The summed E-state index contributed by atoms with van der Waals surface area (Å²) in [6.07, 6.45) is 2.27. The van der Waals surface area contributed by atoms with Crippen LogP contribution in [0.2, 0.25) is 0 Å². The highest BCUT2D eigenvalue weighted by molar-refractivity contribution is 7.91. The molecule has 0 N–H and O–H groups in total. The third kappa shape index (κ3) is 4.57. The van der Waals surface area contributed by atoms with Gasteiger partial charge in [0.25, 0.3) is 0 Å². The molecule has 0 aliphatic heterocycles. The van der Waals surface area contributed by atoms with Crippen LogP contribution in [0.1, 0.15) is 30.5 Å². The van der Waals surface area contributed by atoms with Crippen molar-refractivity contribution < 1.29 is 13.2 Å². The third-order valence-electron chi connectivity index (χ3n) is 5.73. The van der Waals surface area contributed by atoms with E-state index in [1.165, 1.54) is 6.20 Å². The van der Waals surface area contributed by atoms with E-state index in [0.717, 1.165) is 23.1 Å². The molecule has 0 saturated heterocycles. The number of fused-ring (bicyclic) bond motifs is 1. The number of aryl methyl sites for hydroxylation is 2. The molecule has 1 aromatic heterocycles. The number of ether oxygens (including phenoxy) is 1. The standard InChI is InChI=1S/C27H27NO4S/c1-4-20-10-13-23(14-11-20)33(30,31)26-18-28(17-21-8-6-19(3)7-9-21)25-15-12-22(32-5-2)16-24(25)27(26)29/h6-16,18H,4-5,17H2,1-3H3. The molecule has 0 spiro atoms. The molecule has 0 fully saturated rings. The van der Waals surface area contributed by atoms with E-state index in [1.807, 2.05) is 55.7 Å². The van der Waals surface area contributed by atoms with Gasteiger partial charge in [0.2, 0.25) is 15.3 Å². The van der Waals surface area contributed by atoms with Gasteiger partial charge in [0.1, 0.15) is 10.6 Å². The molecule has 5 nitrogen and oxygen atoms in total. The van der Waals surface area contributed by atoms with Crippen molar-refractivity contribution in [3.63, 3.8) is 0 Å². The Morgan fingerprint density at radius 1 is 0.879 bits per heavy atom.